The zero-order chi connectivity index (χ0) is 29.4. The molecule has 42 heavy (non-hydrogen) atoms. The summed E-state index contributed by atoms with van der Waals surface area (Å²) in [5, 5.41) is 11.9. The Kier molecular flexibility index (Phi) is 7.54. The van der Waals surface area contributed by atoms with Crippen LogP contribution in [0.15, 0.2) is 96.0 Å². The van der Waals surface area contributed by atoms with Gasteiger partial charge in [0.05, 0.1) is 21.2 Å². The van der Waals surface area contributed by atoms with E-state index in [4.69, 9.17) is 16.6 Å². The number of nitro benzene ring substituents is 1. The summed E-state index contributed by atoms with van der Waals surface area (Å²) >= 11 is 6.26. The third-order valence-electron chi connectivity index (χ3n) is 7.59. The number of piperazine rings is 1. The third-order valence-corrected chi connectivity index (χ3v) is 9.74. The summed E-state index contributed by atoms with van der Waals surface area (Å²) in [6.07, 6.45) is 2.02. The topological polar surface area (TPSA) is 101 Å². The molecule has 6 rings (SSSR count). The molecule has 0 aliphatic carbocycles. The van der Waals surface area contributed by atoms with Gasteiger partial charge < -0.3 is 4.40 Å². The molecule has 0 unspecified atom stereocenters. The van der Waals surface area contributed by atoms with Crippen LogP contribution in [0.25, 0.3) is 28.0 Å². The van der Waals surface area contributed by atoms with Crippen molar-refractivity contribution in [3.8, 4) is 22.4 Å². The van der Waals surface area contributed by atoms with Crippen molar-refractivity contribution in [1.29, 1.82) is 0 Å². The number of halogens is 1. The van der Waals surface area contributed by atoms with Crippen molar-refractivity contribution >= 4 is 33.0 Å². The number of rotatable bonds is 7. The number of aryl methyl sites for hydroxylation is 1. The van der Waals surface area contributed by atoms with E-state index in [1.54, 1.807) is 24.3 Å². The molecule has 2 aromatic heterocycles. The van der Waals surface area contributed by atoms with Gasteiger partial charge in [-0.1, -0.05) is 41.4 Å². The van der Waals surface area contributed by atoms with Crippen molar-refractivity contribution in [1.82, 2.24) is 18.6 Å². The van der Waals surface area contributed by atoms with Gasteiger partial charge >= 0.3 is 0 Å². The van der Waals surface area contributed by atoms with Crippen LogP contribution in [0.2, 0.25) is 5.02 Å². The van der Waals surface area contributed by atoms with E-state index >= 15 is 0 Å². The molecular weight excluding hydrogens is 574 g/mol. The van der Waals surface area contributed by atoms with Gasteiger partial charge in [0.15, 0.2) is 0 Å². The second-order valence-corrected chi connectivity index (χ2v) is 12.7. The molecular formula is C31H28ClN5O4S. The number of sulfonamides is 1. The summed E-state index contributed by atoms with van der Waals surface area (Å²) in [6, 6.07) is 24.9. The molecule has 3 aromatic carbocycles. The maximum absolute atomic E-state index is 13.2. The van der Waals surface area contributed by atoms with Gasteiger partial charge in [-0.2, -0.15) is 4.31 Å². The molecule has 1 aliphatic heterocycles. The number of fused-ring (bicyclic) bond motifs is 1. The Balaban J connectivity index is 1.32. The highest BCUT2D eigenvalue weighted by Gasteiger charge is 2.29. The molecule has 1 aliphatic rings. The Hall–Kier alpha value is -4.09. The summed E-state index contributed by atoms with van der Waals surface area (Å²) in [5.74, 6) is 0. The highest BCUT2D eigenvalue weighted by atomic mass is 35.5. The quantitative estimate of drug-likeness (QED) is 0.166. The van der Waals surface area contributed by atoms with Crippen molar-refractivity contribution < 1.29 is 13.3 Å². The fourth-order valence-corrected chi connectivity index (χ4v) is 6.87. The normalized spacial score (nSPS) is 14.8. The molecule has 1 saturated heterocycles. The molecule has 9 nitrogen and oxygen atoms in total. The standard InChI is InChI=1S/C31H28ClN5O4S/c1-22-5-12-28(13-6-22)42(40,41)35-17-15-34(16-18-35)21-29-31(23-7-10-27(11-8-23)37(38)39)33-30-14-9-25(20-36(29)30)24-3-2-4-26(32)19-24/h2-14,19-20H,15-18,21H2,1H3. The lowest BCUT2D eigenvalue weighted by molar-refractivity contribution is -0.384. The Morgan fingerprint density at radius 3 is 2.24 bits per heavy atom. The number of non-ortho nitro benzene ring substituents is 1. The van der Waals surface area contributed by atoms with Crippen LogP contribution in [-0.4, -0.2) is 58.1 Å². The van der Waals surface area contributed by atoms with E-state index in [1.807, 2.05) is 66.1 Å². The number of nitrogens with zero attached hydrogens (tertiary/aromatic N) is 5. The van der Waals surface area contributed by atoms with Crippen molar-refractivity contribution in [2.75, 3.05) is 26.2 Å². The van der Waals surface area contributed by atoms with E-state index in [1.165, 1.54) is 16.4 Å². The predicted octanol–water partition coefficient (Wildman–Crippen LogP) is 6.04. The van der Waals surface area contributed by atoms with E-state index < -0.39 is 14.9 Å². The molecule has 11 heteroatoms. The number of aromatic nitrogens is 2. The molecule has 0 radical (unpaired) electrons. The Morgan fingerprint density at radius 2 is 1.57 bits per heavy atom. The SMILES string of the molecule is Cc1ccc(S(=O)(=O)N2CCN(Cc3c(-c4ccc([N+](=O)[O-])cc4)nc4ccc(-c5cccc(Cl)c5)cn34)CC2)cc1. The van der Waals surface area contributed by atoms with Gasteiger partial charge in [-0.3, -0.25) is 15.0 Å². The van der Waals surface area contributed by atoms with Gasteiger partial charge in [0, 0.05) is 61.6 Å². The minimum absolute atomic E-state index is 0.0122. The predicted molar refractivity (Wildman–Crippen MR) is 163 cm³/mol. The number of hydrogen-bond acceptors (Lipinski definition) is 6. The monoisotopic (exact) mass is 601 g/mol. The second kappa shape index (κ2) is 11.3. The van der Waals surface area contributed by atoms with Crippen molar-refractivity contribution in [3.63, 3.8) is 0 Å². The first-order valence-corrected chi connectivity index (χ1v) is 15.3. The largest absolute Gasteiger partial charge is 0.301 e. The summed E-state index contributed by atoms with van der Waals surface area (Å²) in [6.45, 7) is 4.28. The number of nitro groups is 1. The molecule has 3 heterocycles. The molecule has 214 valence electrons. The van der Waals surface area contributed by atoms with Crippen molar-refractivity contribution in [2.24, 2.45) is 0 Å². The first kappa shape index (κ1) is 28.0. The Morgan fingerprint density at radius 1 is 0.881 bits per heavy atom. The van der Waals surface area contributed by atoms with Gasteiger partial charge in [0.25, 0.3) is 5.69 Å². The zero-order valence-corrected chi connectivity index (χ0v) is 24.4. The van der Waals surface area contributed by atoms with Gasteiger partial charge in [0.2, 0.25) is 10.0 Å². The average Bonchev–Trinajstić information content (AvgIpc) is 3.35. The summed E-state index contributed by atoms with van der Waals surface area (Å²) in [7, 11) is -3.58. The molecule has 0 saturated carbocycles. The van der Waals surface area contributed by atoms with Gasteiger partial charge in [-0.05, 0) is 66.6 Å². The summed E-state index contributed by atoms with van der Waals surface area (Å²) < 4.78 is 30.1. The maximum atomic E-state index is 13.2. The lowest BCUT2D eigenvalue weighted by Gasteiger charge is -2.34. The van der Waals surface area contributed by atoms with Crippen LogP contribution in [-0.2, 0) is 16.6 Å². The highest BCUT2D eigenvalue weighted by molar-refractivity contribution is 7.89. The van der Waals surface area contributed by atoms with Gasteiger partial charge in [-0.25, -0.2) is 13.4 Å². The molecule has 1 fully saturated rings. The molecule has 0 N–H and O–H groups in total. The fourth-order valence-electron chi connectivity index (χ4n) is 5.25. The molecule has 0 bridgehead atoms. The second-order valence-electron chi connectivity index (χ2n) is 10.4. The molecule has 0 atom stereocenters. The van der Waals surface area contributed by atoms with E-state index in [9.17, 15) is 18.5 Å². The maximum Gasteiger partial charge on any atom is 0.269 e. The number of imidazole rings is 1. The van der Waals surface area contributed by atoms with Crippen molar-refractivity contribution in [3.05, 3.63) is 118 Å². The van der Waals surface area contributed by atoms with Crippen LogP contribution in [0.4, 0.5) is 5.69 Å². The van der Waals surface area contributed by atoms with E-state index in [-0.39, 0.29) is 5.69 Å². The fraction of sp³-hybridized carbons (Fsp3) is 0.194. The molecule has 0 amide bonds. The highest BCUT2D eigenvalue weighted by Crippen LogP contribution is 2.31. The molecule has 5 aromatic rings. The van der Waals surface area contributed by atoms with Crippen molar-refractivity contribution in [2.45, 2.75) is 18.4 Å². The summed E-state index contributed by atoms with van der Waals surface area (Å²) in [4.78, 5) is 18.2. The molecule has 0 spiro atoms. The Bertz CT molecular complexity index is 1880. The Labute approximate surface area is 248 Å². The lowest BCUT2D eigenvalue weighted by atomic mass is 10.1. The van der Waals surface area contributed by atoms with Gasteiger partial charge in [-0.15, -0.1) is 0 Å². The zero-order valence-electron chi connectivity index (χ0n) is 22.9. The minimum Gasteiger partial charge on any atom is -0.301 e. The lowest BCUT2D eigenvalue weighted by Crippen LogP contribution is -2.48. The van der Waals surface area contributed by atoms with Crippen LogP contribution < -0.4 is 0 Å². The van der Waals surface area contributed by atoms with Crippen LogP contribution in [0.3, 0.4) is 0 Å². The third kappa shape index (κ3) is 5.54. The average molecular weight is 602 g/mol. The van der Waals surface area contributed by atoms with Crippen LogP contribution in [0, 0.1) is 17.0 Å². The van der Waals surface area contributed by atoms with Gasteiger partial charge in [0.1, 0.15) is 5.65 Å². The summed E-state index contributed by atoms with van der Waals surface area (Å²) in [5.41, 5.74) is 6.10. The number of benzene rings is 3. The first-order chi connectivity index (χ1) is 20.2. The van der Waals surface area contributed by atoms with E-state index in [0.717, 1.165) is 39.3 Å². The number of pyridine rings is 1. The smallest absolute Gasteiger partial charge is 0.269 e. The number of hydrogen-bond donors (Lipinski definition) is 0. The van der Waals surface area contributed by atoms with E-state index in [2.05, 4.69) is 4.90 Å². The van der Waals surface area contributed by atoms with Crippen LogP contribution >= 0.6 is 11.6 Å². The van der Waals surface area contributed by atoms with Crippen LogP contribution in [0.1, 0.15) is 11.3 Å². The van der Waals surface area contributed by atoms with E-state index in [0.29, 0.717) is 42.6 Å². The first-order valence-electron chi connectivity index (χ1n) is 13.5. The minimum atomic E-state index is -3.58. The van der Waals surface area contributed by atoms with Crippen LogP contribution in [0.5, 0.6) is 0 Å².